The number of nitrogens with one attached hydrogen (secondary N) is 1. The number of hydrogen-bond acceptors (Lipinski definition) is 5. The van der Waals surface area contributed by atoms with Crippen LogP contribution in [0.25, 0.3) is 0 Å². The summed E-state index contributed by atoms with van der Waals surface area (Å²) < 4.78 is 0. The van der Waals surface area contributed by atoms with Gasteiger partial charge in [-0.3, -0.25) is 9.59 Å². The van der Waals surface area contributed by atoms with E-state index in [2.05, 4.69) is 16.4 Å². The fraction of sp³-hybridized carbons (Fsp3) is 0.222. The van der Waals surface area contributed by atoms with Gasteiger partial charge in [-0.05, 0) is 31.0 Å². The van der Waals surface area contributed by atoms with Crippen molar-refractivity contribution in [3.63, 3.8) is 0 Å². The van der Waals surface area contributed by atoms with Crippen molar-refractivity contribution in [2.24, 2.45) is 0 Å². The number of aromatic nitrogens is 1. The van der Waals surface area contributed by atoms with Gasteiger partial charge < -0.3 is 5.32 Å². The zero-order valence-corrected chi connectivity index (χ0v) is 13.7. The normalized spacial score (nSPS) is 13.0. The number of anilines is 1. The summed E-state index contributed by atoms with van der Waals surface area (Å²) in [4.78, 5) is 28.4. The predicted octanol–water partition coefficient (Wildman–Crippen LogP) is 3.20. The van der Waals surface area contributed by atoms with Crippen LogP contribution in [0.3, 0.4) is 0 Å². The maximum Gasteiger partial charge on any atom is 0.234 e. The second-order valence-corrected chi connectivity index (χ2v) is 6.39. The van der Waals surface area contributed by atoms with Crippen LogP contribution < -0.4 is 5.32 Å². The largest absolute Gasteiger partial charge is 0.325 e. The van der Waals surface area contributed by atoms with Gasteiger partial charge in [0.1, 0.15) is 11.1 Å². The molecule has 3 rings (SSSR count). The standard InChI is InChI=1S/C18H15N3O2S/c19-10-12-9-14-15(7-4-8-16(14)22)21-18(12)24-11-17(23)20-13-5-2-1-3-6-13/h1-3,5-6,9H,4,7-8,11H2,(H,20,23). The van der Waals surface area contributed by atoms with Gasteiger partial charge in [0.05, 0.1) is 17.0 Å². The molecule has 1 aromatic heterocycles. The van der Waals surface area contributed by atoms with Gasteiger partial charge in [0.15, 0.2) is 5.78 Å². The lowest BCUT2D eigenvalue weighted by Crippen LogP contribution is -2.16. The van der Waals surface area contributed by atoms with Crippen molar-refractivity contribution in [1.29, 1.82) is 5.26 Å². The molecule has 0 spiro atoms. The molecule has 2 aromatic rings. The number of thioether (sulfide) groups is 1. The molecule has 1 N–H and O–H groups in total. The Morgan fingerprint density at radius 2 is 2.08 bits per heavy atom. The summed E-state index contributed by atoms with van der Waals surface area (Å²) in [7, 11) is 0. The summed E-state index contributed by atoms with van der Waals surface area (Å²) in [6, 6.07) is 12.9. The third kappa shape index (κ3) is 3.63. The molecule has 1 aromatic carbocycles. The topological polar surface area (TPSA) is 82.8 Å². The second kappa shape index (κ2) is 7.28. The maximum absolute atomic E-state index is 12.0. The molecule has 0 saturated carbocycles. The molecule has 1 aliphatic carbocycles. The Hall–Kier alpha value is -2.65. The molecule has 0 unspecified atom stereocenters. The van der Waals surface area contributed by atoms with E-state index in [9.17, 15) is 14.9 Å². The van der Waals surface area contributed by atoms with Crippen LogP contribution in [0, 0.1) is 11.3 Å². The lowest BCUT2D eigenvalue weighted by atomic mass is 9.94. The van der Waals surface area contributed by atoms with Crippen LogP contribution in [0.2, 0.25) is 0 Å². The fourth-order valence-corrected chi connectivity index (χ4v) is 3.33. The summed E-state index contributed by atoms with van der Waals surface area (Å²) in [6.07, 6.45) is 2.02. The number of amides is 1. The number of carbonyl (C=O) groups is 2. The lowest BCUT2D eigenvalue weighted by Gasteiger charge is -2.15. The molecule has 0 atom stereocenters. The predicted molar refractivity (Wildman–Crippen MR) is 92.0 cm³/mol. The molecule has 0 fully saturated rings. The fourth-order valence-electron chi connectivity index (χ4n) is 2.56. The van der Waals surface area contributed by atoms with Crippen molar-refractivity contribution >= 4 is 29.1 Å². The van der Waals surface area contributed by atoms with Crippen LogP contribution >= 0.6 is 11.8 Å². The van der Waals surface area contributed by atoms with Crippen molar-refractivity contribution in [1.82, 2.24) is 4.98 Å². The van der Waals surface area contributed by atoms with Gasteiger partial charge in [0.2, 0.25) is 5.91 Å². The number of ketones is 1. The van der Waals surface area contributed by atoms with E-state index in [0.29, 0.717) is 22.6 Å². The van der Waals surface area contributed by atoms with Gasteiger partial charge in [-0.1, -0.05) is 30.0 Å². The molecule has 24 heavy (non-hydrogen) atoms. The average Bonchev–Trinajstić information content (AvgIpc) is 2.60. The first kappa shape index (κ1) is 16.2. The SMILES string of the molecule is N#Cc1cc2c(nc1SCC(=O)Nc1ccccc1)CCCC2=O. The van der Waals surface area contributed by atoms with Crippen molar-refractivity contribution < 1.29 is 9.59 Å². The van der Waals surface area contributed by atoms with Gasteiger partial charge in [-0.2, -0.15) is 5.26 Å². The molecule has 0 radical (unpaired) electrons. The van der Waals surface area contributed by atoms with Crippen molar-refractivity contribution in [3.8, 4) is 6.07 Å². The third-order valence-corrected chi connectivity index (χ3v) is 4.69. The number of nitriles is 1. The van der Waals surface area contributed by atoms with Crippen LogP contribution in [-0.2, 0) is 11.2 Å². The average molecular weight is 337 g/mol. The van der Waals surface area contributed by atoms with Crippen molar-refractivity contribution in [3.05, 3.63) is 53.2 Å². The minimum atomic E-state index is -0.161. The summed E-state index contributed by atoms with van der Waals surface area (Å²) in [5, 5.41) is 12.6. The molecule has 0 aliphatic heterocycles. The van der Waals surface area contributed by atoms with E-state index in [0.717, 1.165) is 24.2 Å². The summed E-state index contributed by atoms with van der Waals surface area (Å²) in [6.45, 7) is 0. The van der Waals surface area contributed by atoms with Crippen LogP contribution in [-0.4, -0.2) is 22.4 Å². The van der Waals surface area contributed by atoms with Crippen molar-refractivity contribution in [2.45, 2.75) is 24.3 Å². The number of rotatable bonds is 4. The Morgan fingerprint density at radius 3 is 2.83 bits per heavy atom. The third-order valence-electron chi connectivity index (χ3n) is 3.70. The maximum atomic E-state index is 12.0. The van der Waals surface area contributed by atoms with Gasteiger partial charge in [-0.15, -0.1) is 0 Å². The first-order valence-corrected chi connectivity index (χ1v) is 8.61. The minimum Gasteiger partial charge on any atom is -0.325 e. The van der Waals surface area contributed by atoms with Crippen molar-refractivity contribution in [2.75, 3.05) is 11.1 Å². The van der Waals surface area contributed by atoms with Gasteiger partial charge >= 0.3 is 0 Å². The number of carbonyl (C=O) groups excluding carboxylic acids is 2. The zero-order valence-electron chi connectivity index (χ0n) is 12.9. The number of benzene rings is 1. The molecule has 1 aliphatic rings. The highest BCUT2D eigenvalue weighted by atomic mass is 32.2. The number of pyridine rings is 1. The van der Waals surface area contributed by atoms with Crippen LogP contribution in [0.15, 0.2) is 41.4 Å². The Balaban J connectivity index is 1.72. The molecule has 1 amide bonds. The van der Waals surface area contributed by atoms with E-state index >= 15 is 0 Å². The van der Waals surface area contributed by atoms with Gasteiger partial charge in [0, 0.05) is 17.7 Å². The molecule has 0 saturated heterocycles. The Kier molecular flexibility index (Phi) is 4.92. The second-order valence-electron chi connectivity index (χ2n) is 5.43. The van der Waals surface area contributed by atoms with Crippen LogP contribution in [0.5, 0.6) is 0 Å². The zero-order chi connectivity index (χ0) is 16.9. The molecule has 1 heterocycles. The first-order chi connectivity index (χ1) is 11.7. The minimum absolute atomic E-state index is 0.0404. The van der Waals surface area contributed by atoms with E-state index in [1.54, 1.807) is 6.07 Å². The van der Waals surface area contributed by atoms with E-state index in [4.69, 9.17) is 0 Å². The Labute approximate surface area is 144 Å². The number of nitrogens with zero attached hydrogens (tertiary/aromatic N) is 2. The van der Waals surface area contributed by atoms with E-state index in [1.165, 1.54) is 11.8 Å². The van der Waals surface area contributed by atoms with E-state index in [-0.39, 0.29) is 17.4 Å². The number of para-hydroxylation sites is 1. The summed E-state index contributed by atoms with van der Waals surface area (Å²) in [5.41, 5.74) is 2.36. The highest BCUT2D eigenvalue weighted by Crippen LogP contribution is 2.27. The summed E-state index contributed by atoms with van der Waals surface area (Å²) in [5.74, 6) is 0.0350. The van der Waals surface area contributed by atoms with Crippen LogP contribution in [0.1, 0.15) is 34.5 Å². The van der Waals surface area contributed by atoms with E-state index in [1.807, 2.05) is 30.3 Å². The Morgan fingerprint density at radius 1 is 1.29 bits per heavy atom. The lowest BCUT2D eigenvalue weighted by molar-refractivity contribution is -0.113. The summed E-state index contributed by atoms with van der Waals surface area (Å²) >= 11 is 1.22. The van der Waals surface area contributed by atoms with Gasteiger partial charge in [0.25, 0.3) is 0 Å². The van der Waals surface area contributed by atoms with E-state index < -0.39 is 0 Å². The molecule has 120 valence electrons. The molecule has 5 nitrogen and oxygen atoms in total. The molecular weight excluding hydrogens is 322 g/mol. The number of hydrogen-bond donors (Lipinski definition) is 1. The quantitative estimate of drug-likeness (QED) is 0.866. The molecular formula is C18H15N3O2S. The number of aryl methyl sites for hydroxylation is 1. The first-order valence-electron chi connectivity index (χ1n) is 7.62. The highest BCUT2D eigenvalue weighted by molar-refractivity contribution is 8.00. The Bertz CT molecular complexity index is 828. The molecule has 0 bridgehead atoms. The number of fused-ring (bicyclic) bond motifs is 1. The number of Topliss-reactive ketones (excluding diaryl/α,β-unsaturated/α-hetero) is 1. The van der Waals surface area contributed by atoms with Crippen LogP contribution in [0.4, 0.5) is 5.69 Å². The monoisotopic (exact) mass is 337 g/mol. The van der Waals surface area contributed by atoms with Gasteiger partial charge in [-0.25, -0.2) is 4.98 Å². The smallest absolute Gasteiger partial charge is 0.234 e. The molecule has 6 heteroatoms. The highest BCUT2D eigenvalue weighted by Gasteiger charge is 2.21.